The van der Waals surface area contributed by atoms with Crippen molar-refractivity contribution in [3.05, 3.63) is 48.0 Å². The van der Waals surface area contributed by atoms with Gasteiger partial charge in [0.1, 0.15) is 0 Å². The Hall–Kier alpha value is -3.21. The van der Waals surface area contributed by atoms with Crippen LogP contribution in [0.1, 0.15) is 11.3 Å². The van der Waals surface area contributed by atoms with Crippen molar-refractivity contribution in [2.45, 2.75) is 19.1 Å². The van der Waals surface area contributed by atoms with Crippen LogP contribution in [0.3, 0.4) is 0 Å². The molecule has 0 spiro atoms. The maximum atomic E-state index is 12.2. The molecule has 0 atom stereocenters. The molecule has 0 unspecified atom stereocenters. The van der Waals surface area contributed by atoms with Crippen molar-refractivity contribution < 1.29 is 27.8 Å². The number of ether oxygens (including phenoxy) is 1. The van der Waals surface area contributed by atoms with Gasteiger partial charge in [-0.05, 0) is 11.6 Å². The molecule has 0 aliphatic carbocycles. The summed E-state index contributed by atoms with van der Waals surface area (Å²) in [6, 6.07) is 4.68. The maximum absolute atomic E-state index is 12.2. The molecule has 0 aliphatic heterocycles. The Balaban J connectivity index is 1.69. The Kier molecular flexibility index (Phi) is 6.27. The molecule has 1 amide bonds. The van der Waals surface area contributed by atoms with E-state index in [1.54, 1.807) is 29.2 Å². The molecular weight excluding hydrogens is 391 g/mol. The highest BCUT2D eigenvalue weighted by molar-refractivity contribution is 5.86. The first-order chi connectivity index (χ1) is 13.8. The number of aliphatic hydroxyl groups is 1. The Labute approximate surface area is 163 Å². The van der Waals surface area contributed by atoms with Crippen LogP contribution in [0.4, 0.5) is 13.2 Å². The smallest absolute Gasteiger partial charge is 0.422 e. The summed E-state index contributed by atoms with van der Waals surface area (Å²) in [6.45, 7) is -1.04. The maximum Gasteiger partial charge on any atom is 0.422 e. The third-order valence-corrected chi connectivity index (χ3v) is 3.85. The van der Waals surface area contributed by atoms with Crippen molar-refractivity contribution in [3.63, 3.8) is 0 Å². The molecule has 29 heavy (non-hydrogen) atoms. The van der Waals surface area contributed by atoms with Crippen LogP contribution >= 0.6 is 0 Å². The number of halogens is 3. The predicted octanol–water partition coefficient (Wildman–Crippen LogP) is 1.47. The van der Waals surface area contributed by atoms with E-state index in [2.05, 4.69) is 25.1 Å². The highest BCUT2D eigenvalue weighted by Crippen LogP contribution is 2.19. The number of nitrogens with zero attached hydrogens (tertiary/aromatic N) is 4. The monoisotopic (exact) mass is 409 g/mol. The van der Waals surface area contributed by atoms with Gasteiger partial charge in [0.15, 0.2) is 6.61 Å². The molecule has 3 aromatic heterocycles. The van der Waals surface area contributed by atoms with Gasteiger partial charge < -0.3 is 15.2 Å². The third kappa shape index (κ3) is 5.88. The van der Waals surface area contributed by atoms with Crippen LogP contribution in [0, 0.1) is 0 Å². The van der Waals surface area contributed by atoms with Gasteiger partial charge in [-0.15, -0.1) is 0 Å². The second kappa shape index (κ2) is 8.86. The van der Waals surface area contributed by atoms with Crippen molar-refractivity contribution in [2.75, 3.05) is 19.8 Å². The number of hydrogen-bond donors (Lipinski definition) is 2. The molecule has 0 saturated heterocycles. The molecular formula is C18H18F3N5O3. The van der Waals surface area contributed by atoms with E-state index in [4.69, 9.17) is 5.11 Å². The quantitative estimate of drug-likeness (QED) is 0.584. The number of aromatic nitrogens is 4. The lowest BCUT2D eigenvalue weighted by molar-refractivity contribution is -0.154. The van der Waals surface area contributed by atoms with Gasteiger partial charge in [-0.25, -0.2) is 4.98 Å². The fourth-order valence-electron chi connectivity index (χ4n) is 2.61. The molecule has 8 nitrogen and oxygen atoms in total. The number of nitrogens with one attached hydrogen (secondary N) is 1. The average molecular weight is 409 g/mol. The van der Waals surface area contributed by atoms with E-state index < -0.39 is 12.8 Å². The van der Waals surface area contributed by atoms with E-state index in [0.717, 1.165) is 0 Å². The zero-order valence-corrected chi connectivity index (χ0v) is 15.2. The van der Waals surface area contributed by atoms with Crippen LogP contribution in [0.25, 0.3) is 10.9 Å². The fourth-order valence-corrected chi connectivity index (χ4v) is 2.61. The zero-order chi connectivity index (χ0) is 20.9. The number of fused-ring (bicyclic) bond motifs is 1. The van der Waals surface area contributed by atoms with Crippen LogP contribution < -0.4 is 10.1 Å². The number of amides is 1. The highest BCUT2D eigenvalue weighted by Gasteiger charge is 2.28. The molecule has 0 fully saturated rings. The van der Waals surface area contributed by atoms with Gasteiger partial charge in [0.2, 0.25) is 11.8 Å². The largest absolute Gasteiger partial charge is 0.468 e. The fraction of sp³-hybridized carbons (Fsp3) is 0.333. The van der Waals surface area contributed by atoms with Crippen LogP contribution in [0.15, 0.2) is 36.8 Å². The second-order valence-electron chi connectivity index (χ2n) is 6.18. The van der Waals surface area contributed by atoms with E-state index in [0.29, 0.717) is 28.7 Å². The lowest BCUT2D eigenvalue weighted by atomic mass is 10.2. The van der Waals surface area contributed by atoms with Crippen molar-refractivity contribution in [2.24, 2.45) is 0 Å². The molecule has 154 valence electrons. The molecule has 3 rings (SSSR count). The first-order valence-corrected chi connectivity index (χ1v) is 8.67. The zero-order valence-electron chi connectivity index (χ0n) is 15.2. The summed E-state index contributed by atoms with van der Waals surface area (Å²) in [7, 11) is 0. The normalized spacial score (nSPS) is 11.6. The van der Waals surface area contributed by atoms with Crippen molar-refractivity contribution in [3.8, 4) is 5.88 Å². The molecule has 0 saturated carbocycles. The Morgan fingerprint density at radius 2 is 2.07 bits per heavy atom. The lowest BCUT2D eigenvalue weighted by Gasteiger charge is -2.08. The average Bonchev–Trinajstić information content (AvgIpc) is 3.09. The van der Waals surface area contributed by atoms with E-state index in [1.165, 1.54) is 12.3 Å². The Bertz CT molecular complexity index is 973. The minimum absolute atomic E-state index is 0.0514. The van der Waals surface area contributed by atoms with Gasteiger partial charge in [0.05, 0.1) is 30.8 Å². The first-order valence-electron chi connectivity index (χ1n) is 8.67. The number of pyridine rings is 2. The van der Waals surface area contributed by atoms with Gasteiger partial charge in [0.25, 0.3) is 0 Å². The minimum atomic E-state index is -4.42. The third-order valence-electron chi connectivity index (χ3n) is 3.85. The summed E-state index contributed by atoms with van der Waals surface area (Å²) in [6.07, 6.45) is 0.347. The van der Waals surface area contributed by atoms with Gasteiger partial charge in [-0.2, -0.15) is 18.3 Å². The number of rotatable bonds is 8. The molecule has 3 aromatic rings. The van der Waals surface area contributed by atoms with Crippen LogP contribution in [-0.2, 0) is 17.8 Å². The summed E-state index contributed by atoms with van der Waals surface area (Å²) in [5.74, 6) is -0.373. The molecule has 2 N–H and O–H groups in total. The van der Waals surface area contributed by atoms with E-state index >= 15 is 0 Å². The van der Waals surface area contributed by atoms with Gasteiger partial charge in [0, 0.05) is 36.6 Å². The summed E-state index contributed by atoms with van der Waals surface area (Å²) in [4.78, 5) is 20.0. The molecule has 0 aliphatic rings. The predicted molar refractivity (Wildman–Crippen MR) is 96.2 cm³/mol. The SMILES string of the molecule is O=C(Cc1nccc2nn(Cc3ccc(OCC(F)(F)F)nc3)cc12)NCCO. The van der Waals surface area contributed by atoms with E-state index in [9.17, 15) is 18.0 Å². The van der Waals surface area contributed by atoms with Gasteiger partial charge in [-0.3, -0.25) is 14.5 Å². The standard InChI is InChI=1S/C18H18F3N5O3/c19-18(20,21)11-29-17-2-1-12(8-24-17)9-26-10-13-14(25-26)3-4-22-15(13)7-16(28)23-5-6-27/h1-4,8,10,27H,5-7,9,11H2,(H,23,28). The Morgan fingerprint density at radius 3 is 2.76 bits per heavy atom. The highest BCUT2D eigenvalue weighted by atomic mass is 19.4. The van der Waals surface area contributed by atoms with Crippen LogP contribution in [0.5, 0.6) is 5.88 Å². The van der Waals surface area contributed by atoms with Crippen LogP contribution in [-0.4, -0.2) is 56.7 Å². The first kappa shape index (κ1) is 20.5. The van der Waals surface area contributed by atoms with Gasteiger partial charge >= 0.3 is 6.18 Å². The Morgan fingerprint density at radius 1 is 1.24 bits per heavy atom. The summed E-state index contributed by atoms with van der Waals surface area (Å²) in [5, 5.41) is 16.5. The second-order valence-corrected chi connectivity index (χ2v) is 6.18. The van der Waals surface area contributed by atoms with E-state index in [1.807, 2.05) is 0 Å². The molecule has 0 bridgehead atoms. The molecule has 0 aromatic carbocycles. The summed E-state index contributed by atoms with van der Waals surface area (Å²) in [5.41, 5.74) is 1.92. The molecule has 11 heteroatoms. The topological polar surface area (TPSA) is 102 Å². The number of carbonyl (C=O) groups is 1. The van der Waals surface area contributed by atoms with Crippen molar-refractivity contribution >= 4 is 16.8 Å². The number of hydrogen-bond acceptors (Lipinski definition) is 6. The van der Waals surface area contributed by atoms with Crippen LogP contribution in [0.2, 0.25) is 0 Å². The molecule has 0 radical (unpaired) electrons. The summed E-state index contributed by atoms with van der Waals surface area (Å²) < 4.78 is 42.7. The van der Waals surface area contributed by atoms with Crippen molar-refractivity contribution in [1.29, 1.82) is 0 Å². The summed E-state index contributed by atoms with van der Waals surface area (Å²) >= 11 is 0. The number of alkyl halides is 3. The lowest BCUT2D eigenvalue weighted by Crippen LogP contribution is -2.28. The molecule has 3 heterocycles. The van der Waals surface area contributed by atoms with Crippen molar-refractivity contribution in [1.82, 2.24) is 25.1 Å². The minimum Gasteiger partial charge on any atom is -0.468 e. The number of carbonyl (C=O) groups excluding carboxylic acids is 1. The number of aliphatic hydroxyl groups excluding tert-OH is 1. The van der Waals surface area contributed by atoms with Gasteiger partial charge in [-0.1, -0.05) is 6.07 Å². The van der Waals surface area contributed by atoms with E-state index in [-0.39, 0.29) is 31.4 Å².